The summed E-state index contributed by atoms with van der Waals surface area (Å²) in [6.07, 6.45) is 0.285. The van der Waals surface area contributed by atoms with Gasteiger partial charge in [-0.1, -0.05) is 39.8 Å². The molecule has 2 heterocycles. The van der Waals surface area contributed by atoms with Crippen molar-refractivity contribution in [1.82, 2.24) is 15.2 Å². The Morgan fingerprint density at radius 3 is 2.34 bits per heavy atom. The van der Waals surface area contributed by atoms with E-state index in [2.05, 4.69) is 24.1 Å². The highest BCUT2D eigenvalue weighted by molar-refractivity contribution is 5.87. The van der Waals surface area contributed by atoms with Gasteiger partial charge in [-0.05, 0) is 80.7 Å². The second kappa shape index (κ2) is 20.1. The number of methoxy groups -OCH3 is 2. The first kappa shape index (κ1) is 43.0. The molecule has 3 unspecified atom stereocenters. The summed E-state index contributed by atoms with van der Waals surface area (Å²) in [7, 11) is 3.22. The fourth-order valence-electron chi connectivity index (χ4n) is 6.33. The van der Waals surface area contributed by atoms with Gasteiger partial charge in [0.2, 0.25) is 11.8 Å². The number of esters is 1. The number of nitrogens with one attached hydrogen (secondary N) is 1. The average molecular weight is 743 g/mol. The highest BCUT2D eigenvalue weighted by Gasteiger charge is 2.48. The second-order valence-corrected chi connectivity index (χ2v) is 14.9. The van der Waals surface area contributed by atoms with Gasteiger partial charge in [-0.25, -0.2) is 14.6 Å². The molecule has 0 saturated carbocycles. The third-order valence-electron chi connectivity index (χ3n) is 9.84. The summed E-state index contributed by atoms with van der Waals surface area (Å²) in [5.74, 6) is -0.977. The standard InChI is InChI=1S/C39H58N4O10/c1-24(2)27(18-26-13-14-31(50-8)33(19-26)51-17-11-16-49-7)20-30-32(21-28(25(3)4)35(44)42-23-39(5,6)37(40)46)53-34(43(30)38(47)48)22-52-36(45)29-12-9-10-15-41-29/h9-10,12-15,19,24-25,27-28,30,32,34H,11,16-18,20-23H2,1-8H3,(H2,40,46)(H,42,44)(H,47,48)/t27-,28+,30?,32?,34?/m1/s1. The first-order chi connectivity index (χ1) is 25.1. The first-order valence-corrected chi connectivity index (χ1v) is 18.2. The predicted octanol–water partition coefficient (Wildman–Crippen LogP) is 4.93. The Morgan fingerprint density at radius 2 is 1.75 bits per heavy atom. The number of hydrogen-bond donors (Lipinski definition) is 3. The van der Waals surface area contributed by atoms with E-state index in [9.17, 15) is 24.3 Å². The summed E-state index contributed by atoms with van der Waals surface area (Å²) in [5, 5.41) is 13.5. The molecule has 0 radical (unpaired) electrons. The number of ether oxygens (including phenoxy) is 5. The molecular formula is C39H58N4O10. The van der Waals surface area contributed by atoms with E-state index in [-0.39, 0.29) is 48.9 Å². The molecule has 14 nitrogen and oxygen atoms in total. The zero-order chi connectivity index (χ0) is 39.3. The van der Waals surface area contributed by atoms with E-state index in [4.69, 9.17) is 29.4 Å². The predicted molar refractivity (Wildman–Crippen MR) is 197 cm³/mol. The van der Waals surface area contributed by atoms with Gasteiger partial charge in [-0.3, -0.25) is 14.5 Å². The van der Waals surface area contributed by atoms with E-state index < -0.39 is 47.7 Å². The number of pyridine rings is 1. The zero-order valence-electron chi connectivity index (χ0n) is 32.3. The van der Waals surface area contributed by atoms with Crippen molar-refractivity contribution < 1.29 is 48.0 Å². The molecule has 1 aromatic heterocycles. The van der Waals surface area contributed by atoms with Crippen LogP contribution >= 0.6 is 0 Å². The highest BCUT2D eigenvalue weighted by Crippen LogP contribution is 2.37. The lowest BCUT2D eigenvalue weighted by atomic mass is 9.80. The SMILES string of the molecule is COCCCOc1cc(C[C@H](CC2C(C[C@H](C(=O)NCC(C)(C)C(N)=O)C(C)C)OC(COC(=O)c3ccccn3)N2C(=O)O)C(C)C)ccc1OC. The Labute approximate surface area is 313 Å². The fourth-order valence-corrected chi connectivity index (χ4v) is 6.33. The van der Waals surface area contributed by atoms with Crippen LogP contribution in [0.2, 0.25) is 0 Å². The normalized spacial score (nSPS) is 18.5. The Morgan fingerprint density at radius 1 is 1.02 bits per heavy atom. The number of rotatable bonds is 21. The second-order valence-electron chi connectivity index (χ2n) is 14.9. The van der Waals surface area contributed by atoms with Crippen molar-refractivity contribution in [2.45, 2.75) is 85.6 Å². The molecule has 294 valence electrons. The van der Waals surface area contributed by atoms with Gasteiger partial charge < -0.3 is 39.8 Å². The Hall–Kier alpha value is -4.43. The van der Waals surface area contributed by atoms with E-state index in [1.807, 2.05) is 32.0 Å². The van der Waals surface area contributed by atoms with Crippen LogP contribution in [0.15, 0.2) is 42.6 Å². The lowest BCUT2D eigenvalue weighted by molar-refractivity contribution is -0.130. The molecule has 1 saturated heterocycles. The molecule has 1 aliphatic heterocycles. The third kappa shape index (κ3) is 12.3. The quantitative estimate of drug-likeness (QED) is 0.116. The summed E-state index contributed by atoms with van der Waals surface area (Å²) in [5.41, 5.74) is 5.64. The molecule has 53 heavy (non-hydrogen) atoms. The van der Waals surface area contributed by atoms with Crippen LogP contribution in [0, 0.1) is 29.1 Å². The minimum absolute atomic E-state index is 0.0276. The van der Waals surface area contributed by atoms with Crippen LogP contribution in [0.1, 0.15) is 76.9 Å². The zero-order valence-corrected chi connectivity index (χ0v) is 32.3. The maximum Gasteiger partial charge on any atom is 0.409 e. The average Bonchev–Trinajstić information content (AvgIpc) is 3.46. The number of hydrogen-bond acceptors (Lipinski definition) is 10. The molecule has 0 bridgehead atoms. The molecular weight excluding hydrogens is 684 g/mol. The van der Waals surface area contributed by atoms with Crippen LogP contribution in [0.5, 0.6) is 11.5 Å². The Kier molecular flexibility index (Phi) is 16.3. The number of nitrogens with two attached hydrogens (primary N) is 1. The van der Waals surface area contributed by atoms with Crippen LogP contribution in [0.25, 0.3) is 0 Å². The van der Waals surface area contributed by atoms with Crippen molar-refractivity contribution in [1.29, 1.82) is 0 Å². The summed E-state index contributed by atoms with van der Waals surface area (Å²) in [6.45, 7) is 12.0. The molecule has 3 rings (SSSR count). The first-order valence-electron chi connectivity index (χ1n) is 18.2. The molecule has 14 heteroatoms. The summed E-state index contributed by atoms with van der Waals surface area (Å²) < 4.78 is 28.7. The molecule has 1 aliphatic rings. The maximum absolute atomic E-state index is 13.6. The van der Waals surface area contributed by atoms with Gasteiger partial charge in [0.15, 0.2) is 17.7 Å². The topological polar surface area (TPSA) is 189 Å². The lowest BCUT2D eigenvalue weighted by Crippen LogP contribution is -2.47. The molecule has 3 amide bonds. The molecule has 0 spiro atoms. The third-order valence-corrected chi connectivity index (χ3v) is 9.84. The maximum atomic E-state index is 13.6. The summed E-state index contributed by atoms with van der Waals surface area (Å²) in [6, 6.07) is 9.93. The molecule has 2 aromatic rings. The van der Waals surface area contributed by atoms with Crippen LogP contribution in [-0.2, 0) is 30.2 Å². The number of carbonyl (C=O) groups excluding carboxylic acids is 3. The van der Waals surface area contributed by atoms with Gasteiger partial charge in [0.1, 0.15) is 12.3 Å². The van der Waals surface area contributed by atoms with Gasteiger partial charge >= 0.3 is 12.1 Å². The molecule has 0 aliphatic carbocycles. The van der Waals surface area contributed by atoms with Crippen LogP contribution in [0.4, 0.5) is 4.79 Å². The number of benzene rings is 1. The number of carboxylic acid groups (broad SMARTS) is 1. The number of aromatic nitrogens is 1. The Balaban J connectivity index is 1.93. The minimum atomic E-state index is -1.23. The largest absolute Gasteiger partial charge is 0.493 e. The smallest absolute Gasteiger partial charge is 0.409 e. The van der Waals surface area contributed by atoms with Crippen molar-refractivity contribution in [3.8, 4) is 11.5 Å². The molecule has 4 N–H and O–H groups in total. The fraction of sp³-hybridized carbons (Fsp3) is 0.615. The molecule has 1 fully saturated rings. The van der Waals surface area contributed by atoms with Crippen molar-refractivity contribution in [2.75, 3.05) is 40.6 Å². The van der Waals surface area contributed by atoms with Gasteiger partial charge in [0.25, 0.3) is 0 Å². The van der Waals surface area contributed by atoms with Crippen molar-refractivity contribution in [3.63, 3.8) is 0 Å². The van der Waals surface area contributed by atoms with Crippen LogP contribution < -0.4 is 20.5 Å². The van der Waals surface area contributed by atoms with Crippen molar-refractivity contribution >= 4 is 23.9 Å². The monoisotopic (exact) mass is 742 g/mol. The van der Waals surface area contributed by atoms with Gasteiger partial charge in [0, 0.05) is 38.8 Å². The van der Waals surface area contributed by atoms with Gasteiger partial charge in [-0.2, -0.15) is 0 Å². The molecule has 1 aromatic carbocycles. The van der Waals surface area contributed by atoms with E-state index in [1.165, 1.54) is 17.2 Å². The number of carbonyl (C=O) groups is 4. The molecule has 5 atom stereocenters. The van der Waals surface area contributed by atoms with E-state index in [1.54, 1.807) is 40.2 Å². The Bertz CT molecular complexity index is 1500. The van der Waals surface area contributed by atoms with Gasteiger partial charge in [0.05, 0.1) is 31.3 Å². The van der Waals surface area contributed by atoms with E-state index in [0.29, 0.717) is 44.0 Å². The van der Waals surface area contributed by atoms with E-state index in [0.717, 1.165) is 5.56 Å². The number of amides is 3. The minimum Gasteiger partial charge on any atom is -0.493 e. The number of nitrogens with zero attached hydrogens (tertiary/aromatic N) is 2. The number of primary amides is 1. The van der Waals surface area contributed by atoms with Crippen LogP contribution in [0.3, 0.4) is 0 Å². The highest BCUT2D eigenvalue weighted by atomic mass is 16.6. The van der Waals surface area contributed by atoms with Crippen molar-refractivity contribution in [2.24, 2.45) is 34.8 Å². The lowest BCUT2D eigenvalue weighted by Gasteiger charge is -2.33. The summed E-state index contributed by atoms with van der Waals surface area (Å²) in [4.78, 5) is 56.7. The van der Waals surface area contributed by atoms with Gasteiger partial charge in [-0.15, -0.1) is 0 Å². The van der Waals surface area contributed by atoms with E-state index >= 15 is 0 Å². The van der Waals surface area contributed by atoms with Crippen molar-refractivity contribution in [3.05, 3.63) is 53.9 Å². The van der Waals surface area contributed by atoms with Crippen LogP contribution in [-0.4, -0.2) is 97.8 Å². The summed E-state index contributed by atoms with van der Waals surface area (Å²) >= 11 is 0.